The molecule has 2 aromatic heterocycles. The first-order valence-corrected chi connectivity index (χ1v) is 12.2. The third-order valence-corrected chi connectivity index (χ3v) is 6.28. The number of rotatable bonds is 9. The number of fused-ring (bicyclic) bond motifs is 1. The fourth-order valence-corrected chi connectivity index (χ4v) is 4.19. The maximum atomic E-state index is 11.8. The largest absolute Gasteiger partial charge is 0.464 e. The Labute approximate surface area is 192 Å². The summed E-state index contributed by atoms with van der Waals surface area (Å²) in [5.41, 5.74) is 0.635. The van der Waals surface area contributed by atoms with Crippen molar-refractivity contribution in [3.05, 3.63) is 11.6 Å². The Balaban J connectivity index is 1.53. The highest BCUT2D eigenvalue weighted by Gasteiger charge is 2.46. The van der Waals surface area contributed by atoms with Gasteiger partial charge in [0.1, 0.15) is 18.3 Å². The van der Waals surface area contributed by atoms with Crippen LogP contribution in [-0.4, -0.2) is 88.9 Å². The number of nitrogens with zero attached hydrogens (tertiary/aromatic N) is 4. The van der Waals surface area contributed by atoms with Gasteiger partial charge in [-0.25, -0.2) is 9.78 Å². The minimum absolute atomic E-state index is 0.0563. The first-order chi connectivity index (χ1) is 15.6. The van der Waals surface area contributed by atoms with E-state index in [1.807, 2.05) is 0 Å². The fraction of sp³-hybridized carbons (Fsp3) is 0.647. The van der Waals surface area contributed by atoms with Crippen LogP contribution in [0.4, 0.5) is 5.82 Å². The summed E-state index contributed by atoms with van der Waals surface area (Å²) in [6, 6.07) is 0.266. The molecular weight excluding hydrogens is 485 g/mol. The maximum Gasteiger partial charge on any atom is 0.365 e. The monoisotopic (exact) mass is 507 g/mol. The Morgan fingerprint density at radius 2 is 2.09 bits per heavy atom. The summed E-state index contributed by atoms with van der Waals surface area (Å²) < 4.78 is 28.3. The van der Waals surface area contributed by atoms with Crippen molar-refractivity contribution >= 4 is 42.1 Å². The zero-order valence-electron chi connectivity index (χ0n) is 17.3. The van der Waals surface area contributed by atoms with Crippen LogP contribution < -0.4 is 5.32 Å². The molecule has 2 aliphatic rings. The van der Waals surface area contributed by atoms with Crippen molar-refractivity contribution in [1.82, 2.24) is 19.5 Å². The van der Waals surface area contributed by atoms with Crippen molar-refractivity contribution in [3.8, 4) is 0 Å². The van der Waals surface area contributed by atoms with E-state index in [2.05, 4.69) is 25.0 Å². The van der Waals surface area contributed by atoms with Gasteiger partial charge in [-0.1, -0.05) is 0 Å². The number of aliphatic hydroxyl groups is 2. The van der Waals surface area contributed by atoms with Crippen molar-refractivity contribution in [1.29, 1.82) is 0 Å². The lowest BCUT2D eigenvalue weighted by Crippen LogP contribution is -2.36. The van der Waals surface area contributed by atoms with Crippen LogP contribution >= 0.6 is 19.2 Å². The number of anilines is 1. The molecule has 1 saturated carbocycles. The summed E-state index contributed by atoms with van der Waals surface area (Å²) in [7, 11) is -5.02. The second-order valence-electron chi connectivity index (χ2n) is 7.66. The molecule has 5 atom stereocenters. The highest BCUT2D eigenvalue weighted by atomic mass is 35.5. The van der Waals surface area contributed by atoms with Gasteiger partial charge in [0, 0.05) is 6.04 Å². The van der Waals surface area contributed by atoms with Gasteiger partial charge in [0.2, 0.25) is 5.28 Å². The van der Waals surface area contributed by atoms with Gasteiger partial charge >= 0.3 is 13.6 Å². The Kier molecular flexibility index (Phi) is 6.90. The minimum Gasteiger partial charge on any atom is -0.464 e. The lowest BCUT2D eigenvalue weighted by atomic mass is 10.1. The molecule has 3 heterocycles. The summed E-state index contributed by atoms with van der Waals surface area (Å²) >= 11 is 6.05. The number of aromatic nitrogens is 4. The number of esters is 1. The summed E-state index contributed by atoms with van der Waals surface area (Å²) in [5.74, 6) is -3.02. The van der Waals surface area contributed by atoms with E-state index in [0.717, 1.165) is 12.8 Å². The number of carbonyl (C=O) groups is 1. The van der Waals surface area contributed by atoms with E-state index >= 15 is 0 Å². The van der Waals surface area contributed by atoms with E-state index < -0.39 is 50.6 Å². The van der Waals surface area contributed by atoms with Gasteiger partial charge in [-0.05, 0) is 31.4 Å². The molecule has 0 aromatic carbocycles. The molecule has 182 valence electrons. The number of halogens is 1. The molecule has 0 bridgehead atoms. The van der Waals surface area contributed by atoms with E-state index in [9.17, 15) is 29.4 Å². The van der Waals surface area contributed by atoms with Crippen molar-refractivity contribution in [2.75, 3.05) is 18.5 Å². The number of nitrogens with one attached hydrogen (secondary N) is 1. The highest BCUT2D eigenvalue weighted by Crippen LogP contribution is 2.43. The van der Waals surface area contributed by atoms with Gasteiger partial charge < -0.3 is 39.5 Å². The van der Waals surface area contributed by atoms with E-state index in [0.29, 0.717) is 11.3 Å². The van der Waals surface area contributed by atoms with Gasteiger partial charge in [-0.3, -0.25) is 9.13 Å². The van der Waals surface area contributed by atoms with Crippen LogP contribution in [0, 0.1) is 0 Å². The molecule has 14 nitrogen and oxygen atoms in total. The van der Waals surface area contributed by atoms with Crippen molar-refractivity contribution < 1.29 is 43.6 Å². The summed E-state index contributed by atoms with van der Waals surface area (Å²) in [4.78, 5) is 43.2. The minimum atomic E-state index is -5.02. The molecule has 2 aromatic rings. The number of hydrogen-bond acceptors (Lipinski definition) is 11. The molecule has 1 aliphatic heterocycles. The third-order valence-electron chi connectivity index (χ3n) is 5.14. The maximum absolute atomic E-state index is 11.8. The van der Waals surface area contributed by atoms with E-state index in [1.165, 1.54) is 17.8 Å². The Morgan fingerprint density at radius 1 is 1.36 bits per heavy atom. The smallest absolute Gasteiger partial charge is 0.365 e. The second kappa shape index (κ2) is 9.39. The lowest BCUT2D eigenvalue weighted by molar-refractivity contribution is -0.155. The van der Waals surface area contributed by atoms with E-state index in [4.69, 9.17) is 21.1 Å². The average molecular weight is 508 g/mol. The van der Waals surface area contributed by atoms with Crippen LogP contribution in [0.15, 0.2) is 6.33 Å². The molecule has 4 rings (SSSR count). The van der Waals surface area contributed by atoms with Gasteiger partial charge in [-0.2, -0.15) is 9.97 Å². The van der Waals surface area contributed by atoms with Crippen LogP contribution in [0.25, 0.3) is 11.2 Å². The van der Waals surface area contributed by atoms with E-state index in [-0.39, 0.29) is 23.6 Å². The quantitative estimate of drug-likeness (QED) is 0.169. The normalized spacial score (nSPS) is 26.5. The number of ether oxygens (including phenoxy) is 3. The van der Waals surface area contributed by atoms with Gasteiger partial charge in [0.25, 0.3) is 5.85 Å². The van der Waals surface area contributed by atoms with Crippen molar-refractivity contribution in [2.24, 2.45) is 0 Å². The Morgan fingerprint density at radius 3 is 2.73 bits per heavy atom. The van der Waals surface area contributed by atoms with Crippen LogP contribution in [-0.2, 0) is 23.6 Å². The molecule has 0 unspecified atom stereocenters. The van der Waals surface area contributed by atoms with Crippen molar-refractivity contribution in [3.63, 3.8) is 0 Å². The lowest BCUT2D eigenvalue weighted by Gasteiger charge is -2.20. The van der Waals surface area contributed by atoms with E-state index in [1.54, 1.807) is 0 Å². The molecule has 5 N–H and O–H groups in total. The number of carbonyl (C=O) groups excluding carboxylic acids is 1. The van der Waals surface area contributed by atoms with Crippen molar-refractivity contribution in [2.45, 2.75) is 56.2 Å². The summed E-state index contributed by atoms with van der Waals surface area (Å²) in [6.45, 7) is 0.744. The molecule has 1 saturated heterocycles. The summed E-state index contributed by atoms with van der Waals surface area (Å²) in [5, 5.41) is 24.1. The second-order valence-corrected chi connectivity index (χ2v) is 9.64. The predicted octanol–water partition coefficient (Wildman–Crippen LogP) is -0.243. The predicted molar refractivity (Wildman–Crippen MR) is 111 cm³/mol. The molecular formula is C17H23ClN5O9P. The molecule has 0 amide bonds. The number of hydrogen-bond donors (Lipinski definition) is 5. The molecule has 0 spiro atoms. The number of imidazole rings is 1. The standard InChI is InChI=1S/C17H23ClN5O9P/c1-2-30-15(26)16(33(27,28)29)31-5-8-10(24)11(25)14(32-8)23-6-19-9-12(20-7-3-4-7)21-17(18)22-13(9)23/h6-8,10-11,14,16,24-25H,2-5H2,1H3,(H,20,21,22)(H2,27,28,29)/t8-,10-,11-,14-,16-/m1/s1. The number of aliphatic hydroxyl groups excluding tert-OH is 2. The first-order valence-electron chi connectivity index (χ1n) is 10.1. The fourth-order valence-electron chi connectivity index (χ4n) is 3.40. The molecule has 1 aliphatic carbocycles. The Hall–Kier alpha value is -1.90. The van der Waals surface area contributed by atoms with Crippen LogP contribution in [0.3, 0.4) is 0 Å². The van der Waals surface area contributed by atoms with Crippen LogP contribution in [0.5, 0.6) is 0 Å². The zero-order chi connectivity index (χ0) is 23.9. The summed E-state index contributed by atoms with van der Waals surface area (Å²) in [6.07, 6.45) is -2.06. The molecule has 33 heavy (non-hydrogen) atoms. The van der Waals surface area contributed by atoms with Gasteiger partial charge in [0.05, 0.1) is 19.5 Å². The third kappa shape index (κ3) is 5.12. The van der Waals surface area contributed by atoms with Crippen LogP contribution in [0.2, 0.25) is 5.28 Å². The zero-order valence-corrected chi connectivity index (χ0v) is 19.0. The van der Waals surface area contributed by atoms with Gasteiger partial charge in [-0.15, -0.1) is 0 Å². The van der Waals surface area contributed by atoms with Gasteiger partial charge in [0.15, 0.2) is 23.2 Å². The Bertz CT molecular complexity index is 1080. The first kappa shape index (κ1) is 24.2. The topological polar surface area (TPSA) is 198 Å². The molecule has 2 fully saturated rings. The molecule has 16 heteroatoms. The molecule has 0 radical (unpaired) electrons. The average Bonchev–Trinajstić information content (AvgIpc) is 3.38. The van der Waals surface area contributed by atoms with Crippen LogP contribution in [0.1, 0.15) is 26.0 Å². The SMILES string of the molecule is CCOC(=O)[C@H](OC[C@H]1O[C@@H](n2cnc3c(NC4CC4)nc(Cl)nc32)[C@H](O)[C@@H]1O)P(=O)(O)O. The highest BCUT2D eigenvalue weighted by molar-refractivity contribution is 7.53.